The summed E-state index contributed by atoms with van der Waals surface area (Å²) < 4.78 is 5.33. The van der Waals surface area contributed by atoms with E-state index in [1.54, 1.807) is 0 Å². The van der Waals surface area contributed by atoms with Gasteiger partial charge in [-0.15, -0.1) is 0 Å². The normalized spacial score (nSPS) is 17.2. The summed E-state index contributed by atoms with van der Waals surface area (Å²) in [6.07, 6.45) is 8.38. The number of carbonyl (C=O) groups is 2. The van der Waals surface area contributed by atoms with Crippen LogP contribution >= 0.6 is 0 Å². The number of carbonyl (C=O) groups excluding carboxylic acids is 2. The fourth-order valence-corrected chi connectivity index (χ4v) is 6.09. The molecule has 2 N–H and O–H groups in total. The van der Waals surface area contributed by atoms with Gasteiger partial charge < -0.3 is 19.9 Å². The van der Waals surface area contributed by atoms with Gasteiger partial charge in [0, 0.05) is 54.7 Å². The molecule has 0 bridgehead atoms. The molecule has 1 saturated heterocycles. The van der Waals surface area contributed by atoms with Gasteiger partial charge >= 0.3 is 5.97 Å². The molecule has 4 rings (SSSR count). The molecule has 2 aliphatic rings. The Morgan fingerprint density at radius 2 is 1.88 bits per heavy atom. The van der Waals surface area contributed by atoms with E-state index >= 15 is 0 Å². The van der Waals surface area contributed by atoms with Crippen molar-refractivity contribution >= 4 is 17.6 Å². The highest BCUT2D eigenvalue weighted by atomic mass is 16.5. The van der Waals surface area contributed by atoms with Crippen molar-refractivity contribution in [2.24, 2.45) is 0 Å². The van der Waals surface area contributed by atoms with Gasteiger partial charge in [-0.1, -0.05) is 18.2 Å². The van der Waals surface area contributed by atoms with E-state index in [0.29, 0.717) is 30.2 Å². The Morgan fingerprint density at radius 3 is 2.58 bits per heavy atom. The van der Waals surface area contributed by atoms with Crippen molar-refractivity contribution in [2.75, 3.05) is 31.1 Å². The third-order valence-electron chi connectivity index (χ3n) is 8.37. The molecule has 0 radical (unpaired) electrons. The topological polar surface area (TPSA) is 94.7 Å². The van der Waals surface area contributed by atoms with Crippen LogP contribution in [-0.4, -0.2) is 59.6 Å². The number of pyridine rings is 1. The number of ether oxygens (including phenoxy) is 1. The Kier molecular flexibility index (Phi) is 9.51. The fraction of sp³-hybridized carbons (Fsp3) is 0.531. The molecule has 0 aliphatic carbocycles. The SMILES string of the molecule is CCOC(=O)C(C)(C)N1CCC(N(CC)c2cccc3c2CC=CCCc2cc(C)[nH]c(=O)c2CNC3=O)CC1. The van der Waals surface area contributed by atoms with Crippen LogP contribution < -0.4 is 15.8 Å². The molecule has 1 fully saturated rings. The molecule has 2 aromatic rings. The smallest absolute Gasteiger partial charge is 0.325 e. The Balaban J connectivity index is 1.58. The zero-order chi connectivity index (χ0) is 28.9. The van der Waals surface area contributed by atoms with Gasteiger partial charge in [0.2, 0.25) is 0 Å². The number of nitrogens with zero attached hydrogens (tertiary/aromatic N) is 2. The first-order valence-corrected chi connectivity index (χ1v) is 14.6. The first-order valence-electron chi connectivity index (χ1n) is 14.6. The third kappa shape index (κ3) is 6.33. The minimum Gasteiger partial charge on any atom is -0.465 e. The standard InChI is InChI=1S/C32H44N4O4/c1-6-36(24-16-18-35(19-17-24)32(4,5)31(39)40-7-2)28-15-11-14-26-25(28)13-10-8-9-12-23-20-22(3)34-30(38)27(23)21-33-29(26)37/h8,10-11,14-15,20,24H,6-7,9,12-13,16-19,21H2,1-5H3,(H,33,37)(H,34,38). The van der Waals surface area contributed by atoms with Crippen LogP contribution in [0.3, 0.4) is 0 Å². The van der Waals surface area contributed by atoms with Crippen LogP contribution in [0.2, 0.25) is 0 Å². The summed E-state index contributed by atoms with van der Waals surface area (Å²) in [5, 5.41) is 3.03. The number of H-pyrrole nitrogens is 1. The van der Waals surface area contributed by atoms with Crippen molar-refractivity contribution < 1.29 is 14.3 Å². The molecule has 216 valence electrons. The highest BCUT2D eigenvalue weighted by molar-refractivity contribution is 5.97. The second-order valence-electron chi connectivity index (χ2n) is 11.3. The number of fused-ring (bicyclic) bond motifs is 2. The van der Waals surface area contributed by atoms with Gasteiger partial charge in [-0.05, 0) is 96.0 Å². The molecule has 1 aromatic carbocycles. The number of aromatic amines is 1. The van der Waals surface area contributed by atoms with Crippen LogP contribution in [0.5, 0.6) is 0 Å². The van der Waals surface area contributed by atoms with Crippen LogP contribution in [-0.2, 0) is 28.9 Å². The summed E-state index contributed by atoms with van der Waals surface area (Å²) in [5.41, 5.74) is 4.37. The van der Waals surface area contributed by atoms with Crippen molar-refractivity contribution in [3.8, 4) is 0 Å². The molecule has 8 heteroatoms. The van der Waals surface area contributed by atoms with E-state index in [0.717, 1.165) is 67.8 Å². The zero-order valence-electron chi connectivity index (χ0n) is 24.6. The predicted octanol–water partition coefficient (Wildman–Crippen LogP) is 4.29. The highest BCUT2D eigenvalue weighted by Crippen LogP contribution is 2.32. The number of amides is 1. The van der Waals surface area contributed by atoms with Gasteiger partial charge in [0.15, 0.2) is 0 Å². The zero-order valence-corrected chi connectivity index (χ0v) is 24.6. The van der Waals surface area contributed by atoms with Crippen LogP contribution in [0, 0.1) is 6.92 Å². The quantitative estimate of drug-likeness (QED) is 0.413. The Hall–Kier alpha value is -3.39. The Bertz CT molecular complexity index is 1300. The number of piperidine rings is 1. The van der Waals surface area contributed by atoms with Crippen molar-refractivity contribution in [1.29, 1.82) is 0 Å². The lowest BCUT2D eigenvalue weighted by atomic mass is 9.93. The van der Waals surface area contributed by atoms with Crippen LogP contribution in [0.4, 0.5) is 5.69 Å². The summed E-state index contributed by atoms with van der Waals surface area (Å²) in [6, 6.07) is 8.26. The minimum absolute atomic E-state index is 0.139. The molecule has 1 aromatic heterocycles. The van der Waals surface area contributed by atoms with Crippen molar-refractivity contribution in [3.05, 3.63) is 74.7 Å². The summed E-state index contributed by atoms with van der Waals surface area (Å²) in [5.74, 6) is -0.347. The molecule has 0 unspecified atom stereocenters. The number of benzene rings is 1. The summed E-state index contributed by atoms with van der Waals surface area (Å²) in [6.45, 7) is 12.8. The van der Waals surface area contributed by atoms with E-state index in [-0.39, 0.29) is 24.0 Å². The van der Waals surface area contributed by atoms with Gasteiger partial charge in [-0.3, -0.25) is 19.3 Å². The Morgan fingerprint density at radius 1 is 1.12 bits per heavy atom. The van der Waals surface area contributed by atoms with Crippen LogP contribution in [0.1, 0.15) is 79.7 Å². The van der Waals surface area contributed by atoms with Gasteiger partial charge in [0.1, 0.15) is 5.54 Å². The maximum absolute atomic E-state index is 13.5. The highest BCUT2D eigenvalue weighted by Gasteiger charge is 2.39. The second kappa shape index (κ2) is 12.9. The second-order valence-corrected chi connectivity index (χ2v) is 11.3. The third-order valence-corrected chi connectivity index (χ3v) is 8.37. The maximum Gasteiger partial charge on any atom is 0.325 e. The number of esters is 1. The molecule has 40 heavy (non-hydrogen) atoms. The number of rotatable bonds is 6. The summed E-state index contributed by atoms with van der Waals surface area (Å²) >= 11 is 0. The fourth-order valence-electron chi connectivity index (χ4n) is 6.09. The van der Waals surface area contributed by atoms with Crippen molar-refractivity contribution in [3.63, 3.8) is 0 Å². The van der Waals surface area contributed by atoms with E-state index in [1.165, 1.54) is 0 Å². The van der Waals surface area contributed by atoms with Crippen molar-refractivity contribution in [1.82, 2.24) is 15.2 Å². The average Bonchev–Trinajstić information content (AvgIpc) is 2.92. The lowest BCUT2D eigenvalue weighted by Gasteiger charge is -2.44. The molecule has 3 heterocycles. The number of likely N-dealkylation sites (tertiary alicyclic amines) is 1. The van der Waals surface area contributed by atoms with E-state index < -0.39 is 5.54 Å². The van der Waals surface area contributed by atoms with E-state index in [2.05, 4.69) is 45.2 Å². The van der Waals surface area contributed by atoms with Gasteiger partial charge in [-0.2, -0.15) is 0 Å². The van der Waals surface area contributed by atoms with Crippen molar-refractivity contribution in [2.45, 2.75) is 84.8 Å². The number of allylic oxidation sites excluding steroid dienone is 2. The summed E-state index contributed by atoms with van der Waals surface area (Å²) in [4.78, 5) is 46.3. The first kappa shape index (κ1) is 29.6. The van der Waals surface area contributed by atoms with E-state index in [9.17, 15) is 14.4 Å². The monoisotopic (exact) mass is 548 g/mol. The molecule has 8 nitrogen and oxygen atoms in total. The molecule has 0 saturated carbocycles. The predicted molar refractivity (Wildman–Crippen MR) is 159 cm³/mol. The minimum atomic E-state index is -0.657. The number of aromatic nitrogens is 1. The Labute approximate surface area is 237 Å². The molecule has 2 aliphatic heterocycles. The number of hydrogen-bond acceptors (Lipinski definition) is 6. The molecule has 1 amide bonds. The molecule has 0 spiro atoms. The van der Waals surface area contributed by atoms with Gasteiger partial charge in [0.05, 0.1) is 6.61 Å². The van der Waals surface area contributed by atoms with Crippen LogP contribution in [0.15, 0.2) is 41.2 Å². The van der Waals surface area contributed by atoms with Gasteiger partial charge in [-0.25, -0.2) is 0 Å². The number of aryl methyl sites for hydroxylation is 2. The number of hydrogen-bond donors (Lipinski definition) is 2. The van der Waals surface area contributed by atoms with E-state index in [4.69, 9.17) is 4.74 Å². The molecular weight excluding hydrogens is 504 g/mol. The average molecular weight is 549 g/mol. The first-order chi connectivity index (χ1) is 19.2. The lowest BCUT2D eigenvalue weighted by molar-refractivity contribution is -0.156. The van der Waals surface area contributed by atoms with E-state index in [1.807, 2.05) is 45.9 Å². The number of anilines is 1. The molecule has 0 atom stereocenters. The molecular formula is C32H44N4O4. The number of nitrogens with one attached hydrogen (secondary N) is 2. The summed E-state index contributed by atoms with van der Waals surface area (Å²) in [7, 11) is 0. The lowest BCUT2D eigenvalue weighted by Crippen LogP contribution is -2.56. The van der Waals surface area contributed by atoms with Crippen LogP contribution in [0.25, 0.3) is 0 Å². The largest absolute Gasteiger partial charge is 0.465 e. The van der Waals surface area contributed by atoms with Gasteiger partial charge in [0.25, 0.3) is 11.5 Å². The maximum atomic E-state index is 13.5.